The number of benzene rings is 2. The summed E-state index contributed by atoms with van der Waals surface area (Å²) >= 11 is 0. The normalized spacial score (nSPS) is 38.4. The molecule has 5 rings (SSSR count). The van der Waals surface area contributed by atoms with E-state index in [4.69, 9.17) is 14.2 Å². The Hall–Kier alpha value is -3.22. The van der Waals surface area contributed by atoms with Gasteiger partial charge in [-0.3, -0.25) is 4.79 Å². The smallest absolute Gasteiger partial charge is 0.338 e. The SMILES string of the molecule is C=C(C)[C@@]1(O)[C@H](O)[C@@H]2[C@@H]3O[C@]3(CO)[C@@H](O)[C@](O)(C(=O)/C(C)=C\C)C[C@@]2(OC(C)(C)c2ccccc2)[C@H](C)[C@H]1OC(=O)c1ccccc1. The van der Waals surface area contributed by atoms with Crippen LogP contribution in [0.4, 0.5) is 0 Å². The molecule has 254 valence electrons. The van der Waals surface area contributed by atoms with Crippen LogP contribution in [0.3, 0.4) is 0 Å². The summed E-state index contributed by atoms with van der Waals surface area (Å²) in [4.78, 5) is 27.7. The van der Waals surface area contributed by atoms with Gasteiger partial charge in [0.25, 0.3) is 0 Å². The highest BCUT2D eigenvalue weighted by atomic mass is 16.6. The minimum absolute atomic E-state index is 0.0785. The number of epoxide rings is 1. The Morgan fingerprint density at radius 3 is 2.15 bits per heavy atom. The number of Topliss-reactive ketones (excluding diaryl/α,β-unsaturated/α-hetero) is 1. The monoisotopic (exact) mass is 650 g/mol. The molecule has 10 heteroatoms. The highest BCUT2D eigenvalue weighted by molar-refractivity contribution is 6.02. The van der Waals surface area contributed by atoms with Crippen LogP contribution in [0, 0.1) is 11.8 Å². The van der Waals surface area contributed by atoms with Gasteiger partial charge in [0, 0.05) is 18.3 Å². The summed E-state index contributed by atoms with van der Waals surface area (Å²) in [7, 11) is 0. The molecule has 2 aromatic carbocycles. The third kappa shape index (κ3) is 5.22. The summed E-state index contributed by atoms with van der Waals surface area (Å²) in [6, 6.07) is 17.3. The van der Waals surface area contributed by atoms with Crippen molar-refractivity contribution in [3.8, 4) is 0 Å². The number of rotatable bonds is 9. The lowest BCUT2D eigenvalue weighted by Crippen LogP contribution is -2.75. The predicted molar refractivity (Wildman–Crippen MR) is 172 cm³/mol. The Balaban J connectivity index is 1.79. The third-order valence-electron chi connectivity index (χ3n) is 10.8. The van der Waals surface area contributed by atoms with E-state index in [2.05, 4.69) is 6.58 Å². The fourth-order valence-corrected chi connectivity index (χ4v) is 7.98. The highest BCUT2D eigenvalue weighted by Crippen LogP contribution is 2.64. The molecule has 3 fully saturated rings. The van der Waals surface area contributed by atoms with Crippen LogP contribution in [0.1, 0.15) is 63.9 Å². The largest absolute Gasteiger partial charge is 0.455 e. The molecule has 2 saturated carbocycles. The summed E-state index contributed by atoms with van der Waals surface area (Å²) in [5.41, 5.74) is -8.64. The maximum Gasteiger partial charge on any atom is 0.338 e. The van der Waals surface area contributed by atoms with Gasteiger partial charge in [-0.25, -0.2) is 4.79 Å². The van der Waals surface area contributed by atoms with Crippen molar-refractivity contribution in [3.63, 3.8) is 0 Å². The molecule has 1 aliphatic heterocycles. The molecular weight excluding hydrogens is 604 g/mol. The first-order chi connectivity index (χ1) is 22.0. The number of esters is 1. The topological polar surface area (TPSA) is 166 Å². The first kappa shape index (κ1) is 35.1. The maximum absolute atomic E-state index is 14.1. The van der Waals surface area contributed by atoms with E-state index in [1.54, 1.807) is 58.0 Å². The fraction of sp³-hybridized carbons (Fsp3) is 0.514. The van der Waals surface area contributed by atoms with Crippen molar-refractivity contribution < 1.29 is 49.3 Å². The second-order valence-electron chi connectivity index (χ2n) is 13.9. The summed E-state index contributed by atoms with van der Waals surface area (Å²) < 4.78 is 19.2. The van der Waals surface area contributed by atoms with Gasteiger partial charge in [0.2, 0.25) is 0 Å². The van der Waals surface area contributed by atoms with E-state index in [-0.39, 0.29) is 16.7 Å². The fourth-order valence-electron chi connectivity index (χ4n) is 7.98. The van der Waals surface area contributed by atoms with Crippen LogP contribution >= 0.6 is 0 Å². The summed E-state index contributed by atoms with van der Waals surface area (Å²) in [5, 5.41) is 59.8. The average molecular weight is 651 g/mol. The molecule has 10 nitrogen and oxygen atoms in total. The Labute approximate surface area is 275 Å². The quantitative estimate of drug-likeness (QED) is 0.118. The van der Waals surface area contributed by atoms with Crippen molar-refractivity contribution in [2.45, 2.75) is 100 Å². The first-order valence-corrected chi connectivity index (χ1v) is 15.9. The van der Waals surface area contributed by atoms with Crippen molar-refractivity contribution in [1.82, 2.24) is 0 Å². The van der Waals surface area contributed by atoms with Crippen LogP contribution in [0.5, 0.6) is 0 Å². The molecule has 0 amide bonds. The van der Waals surface area contributed by atoms with Gasteiger partial charge < -0.3 is 39.7 Å². The van der Waals surface area contributed by atoms with Crippen molar-refractivity contribution in [2.75, 3.05) is 6.61 Å². The van der Waals surface area contributed by atoms with Crippen LogP contribution in [-0.2, 0) is 24.6 Å². The summed E-state index contributed by atoms with van der Waals surface area (Å²) in [6.07, 6.45) is -5.61. The number of ether oxygens (including phenoxy) is 3. The Morgan fingerprint density at radius 1 is 1.04 bits per heavy atom. The molecule has 0 bridgehead atoms. The molecule has 10 atom stereocenters. The standard InChI is InChI=1S/C37H46O10/c1-8-22(4)27(39)34(43)19-35(47-33(6,7)25-17-13-10-14-18-25)23(5)29(45-31(41)24-15-11-9-12-16-24)37(44,21(2)3)28(40)26(35)30-36(20-38,46-30)32(34)42/h8-18,23,26,28-30,32,38,40,42-44H,2,19-20H2,1,3-7H3/b22-8-/t23-,26-,28-,29-,30+,32+,34-,35-,36+,37-/m1/s1. The lowest BCUT2D eigenvalue weighted by Gasteiger charge is -2.61. The Morgan fingerprint density at radius 2 is 1.62 bits per heavy atom. The molecule has 2 aromatic rings. The van der Waals surface area contributed by atoms with Gasteiger partial charge in [0.15, 0.2) is 11.4 Å². The number of allylic oxidation sites excluding steroid dienone is 1. The summed E-state index contributed by atoms with van der Waals surface area (Å²) in [6.45, 7) is 13.0. The zero-order valence-electron chi connectivity index (χ0n) is 27.7. The van der Waals surface area contributed by atoms with E-state index in [1.807, 2.05) is 30.3 Å². The number of ketones is 1. The Bertz CT molecular complexity index is 1560. The average Bonchev–Trinajstić information content (AvgIpc) is 3.80. The van der Waals surface area contributed by atoms with Gasteiger partial charge in [0.05, 0.1) is 29.5 Å². The molecule has 0 spiro atoms. The highest BCUT2D eigenvalue weighted by Gasteiger charge is 2.82. The lowest BCUT2D eigenvalue weighted by atomic mass is 9.55. The van der Waals surface area contributed by atoms with E-state index in [1.165, 1.54) is 19.9 Å². The van der Waals surface area contributed by atoms with Crippen LogP contribution < -0.4 is 0 Å². The second-order valence-corrected chi connectivity index (χ2v) is 13.9. The van der Waals surface area contributed by atoms with E-state index in [0.29, 0.717) is 5.56 Å². The van der Waals surface area contributed by atoms with Gasteiger partial charge in [-0.2, -0.15) is 0 Å². The lowest BCUT2D eigenvalue weighted by molar-refractivity contribution is -0.308. The molecule has 1 heterocycles. The third-order valence-corrected chi connectivity index (χ3v) is 10.8. The molecule has 0 unspecified atom stereocenters. The van der Waals surface area contributed by atoms with E-state index < -0.39 is 89.0 Å². The van der Waals surface area contributed by atoms with Gasteiger partial charge in [-0.15, -0.1) is 0 Å². The molecule has 47 heavy (non-hydrogen) atoms. The van der Waals surface area contributed by atoms with Gasteiger partial charge in [0.1, 0.15) is 29.5 Å². The minimum Gasteiger partial charge on any atom is -0.455 e. The first-order valence-electron chi connectivity index (χ1n) is 15.9. The zero-order chi connectivity index (χ0) is 34.7. The molecule has 5 N–H and O–H groups in total. The maximum atomic E-state index is 14.1. The number of aliphatic hydroxyl groups excluding tert-OH is 3. The van der Waals surface area contributed by atoms with E-state index >= 15 is 0 Å². The van der Waals surface area contributed by atoms with Gasteiger partial charge in [-0.1, -0.05) is 68.1 Å². The minimum atomic E-state index is -2.60. The molecule has 3 aliphatic rings. The number of hydrogen-bond acceptors (Lipinski definition) is 10. The number of carbonyl (C=O) groups is 2. The Kier molecular flexibility index (Phi) is 8.98. The molecular formula is C37H46O10. The second kappa shape index (κ2) is 12.0. The van der Waals surface area contributed by atoms with Gasteiger partial charge in [-0.05, 0) is 63.5 Å². The van der Waals surface area contributed by atoms with E-state index in [0.717, 1.165) is 0 Å². The van der Waals surface area contributed by atoms with Gasteiger partial charge >= 0.3 is 5.97 Å². The van der Waals surface area contributed by atoms with E-state index in [9.17, 15) is 35.1 Å². The van der Waals surface area contributed by atoms with Crippen LogP contribution in [-0.4, -0.2) is 90.7 Å². The van der Waals surface area contributed by atoms with Crippen molar-refractivity contribution in [3.05, 3.63) is 95.6 Å². The van der Waals surface area contributed by atoms with Crippen LogP contribution in [0.15, 0.2) is 84.5 Å². The van der Waals surface area contributed by atoms with Crippen LogP contribution in [0.2, 0.25) is 0 Å². The molecule has 0 aromatic heterocycles. The molecule has 0 radical (unpaired) electrons. The number of fused-ring (bicyclic) bond motifs is 3. The molecule has 1 saturated heterocycles. The summed E-state index contributed by atoms with van der Waals surface area (Å²) in [5.74, 6) is -3.97. The number of carbonyl (C=O) groups excluding carboxylic acids is 2. The predicted octanol–water partition coefficient (Wildman–Crippen LogP) is 3.00. The van der Waals surface area contributed by atoms with Crippen molar-refractivity contribution in [2.24, 2.45) is 11.8 Å². The number of aliphatic hydroxyl groups is 5. The number of hydrogen-bond donors (Lipinski definition) is 5. The zero-order valence-corrected chi connectivity index (χ0v) is 27.7. The van der Waals surface area contributed by atoms with Crippen LogP contribution in [0.25, 0.3) is 0 Å². The molecule has 2 aliphatic carbocycles. The van der Waals surface area contributed by atoms with Crippen molar-refractivity contribution >= 4 is 11.8 Å². The van der Waals surface area contributed by atoms with Crippen molar-refractivity contribution in [1.29, 1.82) is 0 Å².